The molecule has 2 aromatic rings. The Balaban J connectivity index is 1.51. The fourth-order valence-corrected chi connectivity index (χ4v) is 3.82. The van der Waals surface area contributed by atoms with Crippen LogP contribution >= 0.6 is 11.3 Å². The number of piperazine rings is 1. The maximum Gasteiger partial charge on any atom is 0.254 e. The summed E-state index contributed by atoms with van der Waals surface area (Å²) in [5.41, 5.74) is 3.44. The highest BCUT2D eigenvalue weighted by atomic mass is 32.1. The number of benzene rings is 1. The van der Waals surface area contributed by atoms with Gasteiger partial charge in [0.1, 0.15) is 5.75 Å². The van der Waals surface area contributed by atoms with Gasteiger partial charge in [-0.3, -0.25) is 9.59 Å². The van der Waals surface area contributed by atoms with Crippen molar-refractivity contribution >= 4 is 23.2 Å². The molecule has 1 aliphatic heterocycles. The highest BCUT2D eigenvalue weighted by molar-refractivity contribution is 7.09. The van der Waals surface area contributed by atoms with Crippen molar-refractivity contribution in [1.82, 2.24) is 14.8 Å². The van der Waals surface area contributed by atoms with Crippen LogP contribution < -0.4 is 4.74 Å². The number of hydrogen-bond donors (Lipinski definition) is 0. The molecule has 0 spiro atoms. The highest BCUT2D eigenvalue weighted by Crippen LogP contribution is 2.17. The molecule has 0 bridgehead atoms. The standard InChI is InChI=1S/C19H23N3O3S/c1-14-17(26-13-20-14)6-7-18(23)21-8-10-22(11-9-21)19(24)15-4-3-5-16(12-15)25-2/h3-5,12-13H,6-11H2,1-2H3. The third kappa shape index (κ3) is 4.22. The molecular weight excluding hydrogens is 350 g/mol. The van der Waals surface area contributed by atoms with E-state index in [1.165, 1.54) is 4.88 Å². The number of hydrogen-bond acceptors (Lipinski definition) is 5. The monoisotopic (exact) mass is 373 g/mol. The van der Waals surface area contributed by atoms with Crippen molar-refractivity contribution in [1.29, 1.82) is 0 Å². The third-order valence-corrected chi connectivity index (χ3v) is 5.64. The Hall–Kier alpha value is -2.41. The van der Waals surface area contributed by atoms with Crippen LogP contribution in [0.15, 0.2) is 29.8 Å². The summed E-state index contributed by atoms with van der Waals surface area (Å²) < 4.78 is 5.18. The van der Waals surface area contributed by atoms with Gasteiger partial charge in [0, 0.05) is 43.0 Å². The van der Waals surface area contributed by atoms with Gasteiger partial charge in [0.05, 0.1) is 18.3 Å². The molecule has 1 fully saturated rings. The number of aryl methyl sites for hydroxylation is 2. The van der Waals surface area contributed by atoms with E-state index in [0.717, 1.165) is 12.1 Å². The minimum Gasteiger partial charge on any atom is -0.497 e. The van der Waals surface area contributed by atoms with E-state index in [9.17, 15) is 9.59 Å². The van der Waals surface area contributed by atoms with Crippen LogP contribution in [0.5, 0.6) is 5.75 Å². The Morgan fingerprint density at radius 2 is 1.92 bits per heavy atom. The number of rotatable bonds is 5. The molecule has 0 radical (unpaired) electrons. The lowest BCUT2D eigenvalue weighted by Gasteiger charge is -2.35. The van der Waals surface area contributed by atoms with Gasteiger partial charge < -0.3 is 14.5 Å². The highest BCUT2D eigenvalue weighted by Gasteiger charge is 2.25. The maximum absolute atomic E-state index is 12.6. The van der Waals surface area contributed by atoms with Gasteiger partial charge in [-0.1, -0.05) is 6.07 Å². The molecule has 26 heavy (non-hydrogen) atoms. The second-order valence-corrected chi connectivity index (χ2v) is 7.21. The summed E-state index contributed by atoms with van der Waals surface area (Å²) in [5, 5.41) is 0. The van der Waals surface area contributed by atoms with Crippen molar-refractivity contribution in [2.75, 3.05) is 33.3 Å². The number of thiazole rings is 1. The number of carbonyl (C=O) groups is 2. The van der Waals surface area contributed by atoms with Crippen molar-refractivity contribution in [2.45, 2.75) is 19.8 Å². The van der Waals surface area contributed by atoms with Gasteiger partial charge in [0.15, 0.2) is 0 Å². The number of aromatic nitrogens is 1. The summed E-state index contributed by atoms with van der Waals surface area (Å²) in [6.07, 6.45) is 1.23. The van der Waals surface area contributed by atoms with E-state index in [0.29, 0.717) is 43.9 Å². The van der Waals surface area contributed by atoms with Crippen LogP contribution in [0.25, 0.3) is 0 Å². The first-order valence-electron chi connectivity index (χ1n) is 8.68. The quantitative estimate of drug-likeness (QED) is 0.807. The fourth-order valence-electron chi connectivity index (χ4n) is 3.04. The Kier molecular flexibility index (Phi) is 5.88. The van der Waals surface area contributed by atoms with E-state index in [-0.39, 0.29) is 11.8 Å². The van der Waals surface area contributed by atoms with Crippen molar-refractivity contribution in [3.05, 3.63) is 45.9 Å². The predicted octanol–water partition coefficient (Wildman–Crippen LogP) is 2.38. The Labute approximate surface area is 157 Å². The zero-order valence-corrected chi connectivity index (χ0v) is 15.9. The van der Waals surface area contributed by atoms with Crippen LogP contribution in [0.2, 0.25) is 0 Å². The zero-order chi connectivity index (χ0) is 18.5. The smallest absolute Gasteiger partial charge is 0.254 e. The number of amides is 2. The van der Waals surface area contributed by atoms with Gasteiger partial charge in [-0.2, -0.15) is 0 Å². The maximum atomic E-state index is 12.6. The molecule has 0 saturated carbocycles. The van der Waals surface area contributed by atoms with Gasteiger partial charge in [-0.15, -0.1) is 11.3 Å². The zero-order valence-electron chi connectivity index (χ0n) is 15.1. The Bertz CT molecular complexity index is 782. The molecule has 7 heteroatoms. The fraction of sp³-hybridized carbons (Fsp3) is 0.421. The van der Waals surface area contributed by atoms with Crippen LogP contribution in [0.4, 0.5) is 0 Å². The predicted molar refractivity (Wildman–Crippen MR) is 101 cm³/mol. The minimum atomic E-state index is -0.0173. The second kappa shape index (κ2) is 8.31. The minimum absolute atomic E-state index is 0.0173. The lowest BCUT2D eigenvalue weighted by atomic mass is 10.1. The summed E-state index contributed by atoms with van der Waals surface area (Å²) in [7, 11) is 1.59. The van der Waals surface area contributed by atoms with E-state index in [4.69, 9.17) is 4.74 Å². The van der Waals surface area contributed by atoms with Gasteiger partial charge in [-0.25, -0.2) is 4.98 Å². The Morgan fingerprint density at radius 3 is 2.58 bits per heavy atom. The molecule has 0 unspecified atom stereocenters. The van der Waals surface area contributed by atoms with E-state index in [2.05, 4.69) is 4.98 Å². The van der Waals surface area contributed by atoms with Crippen LogP contribution in [0, 0.1) is 6.92 Å². The van der Waals surface area contributed by atoms with Crippen LogP contribution in [0.3, 0.4) is 0 Å². The van der Waals surface area contributed by atoms with Crippen LogP contribution in [-0.2, 0) is 11.2 Å². The molecule has 1 aromatic carbocycles. The normalized spacial score (nSPS) is 14.4. The van der Waals surface area contributed by atoms with Gasteiger partial charge in [-0.05, 0) is 31.5 Å². The first kappa shape index (κ1) is 18.4. The average molecular weight is 373 g/mol. The number of methoxy groups -OCH3 is 1. The van der Waals surface area contributed by atoms with E-state index in [1.807, 2.05) is 29.5 Å². The van der Waals surface area contributed by atoms with Crippen LogP contribution in [-0.4, -0.2) is 59.9 Å². The molecule has 0 aliphatic carbocycles. The molecule has 1 aromatic heterocycles. The lowest BCUT2D eigenvalue weighted by Crippen LogP contribution is -2.50. The molecule has 138 valence electrons. The molecular formula is C19H23N3O3S. The first-order valence-corrected chi connectivity index (χ1v) is 9.56. The van der Waals surface area contributed by atoms with Crippen molar-refractivity contribution in [3.8, 4) is 5.75 Å². The van der Waals surface area contributed by atoms with E-state index >= 15 is 0 Å². The third-order valence-electron chi connectivity index (χ3n) is 4.65. The van der Waals surface area contributed by atoms with Crippen molar-refractivity contribution < 1.29 is 14.3 Å². The van der Waals surface area contributed by atoms with E-state index < -0.39 is 0 Å². The molecule has 3 rings (SSSR count). The van der Waals surface area contributed by atoms with Gasteiger partial charge in [0.2, 0.25) is 5.91 Å². The second-order valence-electron chi connectivity index (χ2n) is 6.27. The van der Waals surface area contributed by atoms with Crippen LogP contribution in [0.1, 0.15) is 27.3 Å². The summed E-state index contributed by atoms with van der Waals surface area (Å²) in [6, 6.07) is 7.17. The summed E-state index contributed by atoms with van der Waals surface area (Å²) in [4.78, 5) is 34.1. The molecule has 0 N–H and O–H groups in total. The summed E-state index contributed by atoms with van der Waals surface area (Å²) >= 11 is 1.60. The number of ether oxygens (including phenoxy) is 1. The first-order chi connectivity index (χ1) is 12.6. The molecule has 2 amide bonds. The summed E-state index contributed by atoms with van der Waals surface area (Å²) in [5.74, 6) is 0.797. The molecule has 1 saturated heterocycles. The molecule has 6 nitrogen and oxygen atoms in total. The largest absolute Gasteiger partial charge is 0.497 e. The van der Waals surface area contributed by atoms with Gasteiger partial charge >= 0.3 is 0 Å². The van der Waals surface area contributed by atoms with Crippen molar-refractivity contribution in [3.63, 3.8) is 0 Å². The van der Waals surface area contributed by atoms with E-state index in [1.54, 1.807) is 35.5 Å². The SMILES string of the molecule is COc1cccc(C(=O)N2CCN(C(=O)CCc3scnc3C)CC2)c1. The van der Waals surface area contributed by atoms with Crippen molar-refractivity contribution in [2.24, 2.45) is 0 Å². The topological polar surface area (TPSA) is 62.7 Å². The Morgan fingerprint density at radius 1 is 1.19 bits per heavy atom. The molecule has 2 heterocycles. The number of nitrogens with zero attached hydrogens (tertiary/aromatic N) is 3. The summed E-state index contributed by atoms with van der Waals surface area (Å²) in [6.45, 7) is 4.24. The molecule has 0 atom stereocenters. The van der Waals surface area contributed by atoms with Gasteiger partial charge in [0.25, 0.3) is 5.91 Å². The lowest BCUT2D eigenvalue weighted by molar-refractivity contribution is -0.132. The molecule has 1 aliphatic rings. The average Bonchev–Trinajstić information content (AvgIpc) is 3.10. The number of carbonyl (C=O) groups excluding carboxylic acids is 2.